The van der Waals surface area contributed by atoms with Crippen molar-refractivity contribution in [2.75, 3.05) is 28.0 Å². The molecule has 5 rings (SSSR count). The van der Waals surface area contributed by atoms with Gasteiger partial charge in [-0.05, 0) is 73.0 Å². The van der Waals surface area contributed by atoms with Crippen molar-refractivity contribution in [3.8, 4) is 5.88 Å². The van der Waals surface area contributed by atoms with Crippen LogP contribution in [0, 0.1) is 0 Å². The molecule has 2 N–H and O–H groups in total. The minimum Gasteiger partial charge on any atom is -0.478 e. The van der Waals surface area contributed by atoms with Crippen LogP contribution in [0.15, 0.2) is 95.0 Å². The molecule has 2 heterocycles. The molecule has 0 fully saturated rings. The lowest BCUT2D eigenvalue weighted by molar-refractivity contribution is 0.102. The van der Waals surface area contributed by atoms with Gasteiger partial charge in [0.1, 0.15) is 0 Å². The van der Waals surface area contributed by atoms with Gasteiger partial charge in [0.2, 0.25) is 5.82 Å². The quantitative estimate of drug-likeness (QED) is 0.321. The van der Waals surface area contributed by atoms with E-state index in [2.05, 4.69) is 20.0 Å². The molecule has 1 aromatic heterocycles. The van der Waals surface area contributed by atoms with Crippen molar-refractivity contribution >= 4 is 43.1 Å². The van der Waals surface area contributed by atoms with Crippen molar-refractivity contribution in [3.63, 3.8) is 0 Å². The van der Waals surface area contributed by atoms with Crippen molar-refractivity contribution < 1.29 is 26.4 Å². The number of sulfonamides is 2. The van der Waals surface area contributed by atoms with Crippen molar-refractivity contribution in [2.24, 2.45) is 0 Å². The Balaban J connectivity index is 1.27. The van der Waals surface area contributed by atoms with Gasteiger partial charge in [0.25, 0.3) is 31.8 Å². The normalized spacial score (nSPS) is 13.3. The predicted molar refractivity (Wildman–Crippen MR) is 150 cm³/mol. The molecular weight excluding hydrogens is 554 g/mol. The summed E-state index contributed by atoms with van der Waals surface area (Å²) in [6, 6.07) is 18.7. The molecule has 0 aliphatic carbocycles. The van der Waals surface area contributed by atoms with Gasteiger partial charge in [0, 0.05) is 30.2 Å². The van der Waals surface area contributed by atoms with Crippen LogP contribution >= 0.6 is 0 Å². The number of aromatic nitrogens is 2. The molecule has 40 heavy (non-hydrogen) atoms. The van der Waals surface area contributed by atoms with Crippen LogP contribution in [0.4, 0.5) is 17.2 Å². The van der Waals surface area contributed by atoms with E-state index in [1.54, 1.807) is 6.07 Å². The summed E-state index contributed by atoms with van der Waals surface area (Å²) in [5.74, 6) is -0.517. The van der Waals surface area contributed by atoms with E-state index in [0.717, 1.165) is 18.4 Å². The topological polar surface area (TPSA) is 148 Å². The monoisotopic (exact) mass is 579 g/mol. The molecule has 1 aliphatic rings. The molecule has 0 bridgehead atoms. The third kappa shape index (κ3) is 5.46. The number of hydrogen-bond acceptors (Lipinski definition) is 8. The summed E-state index contributed by atoms with van der Waals surface area (Å²) in [5.41, 5.74) is 2.25. The molecule has 0 radical (unpaired) electrons. The standard InChI is InChI=1S/C27H25N5O6S2/c1-38-27-25(28-16-17-29-27)31-39(34,35)22-14-10-21(11-15-22)30-26(33)20-8-12-23(13-9-20)40(36,37)32-18-4-6-19-5-2-3-7-24(19)32/h2-3,5,7-17H,4,6,18H2,1H3,(H,28,31)(H,30,33). The van der Waals surface area contributed by atoms with E-state index in [1.807, 2.05) is 18.2 Å². The Morgan fingerprint density at radius 3 is 2.27 bits per heavy atom. The van der Waals surface area contributed by atoms with Gasteiger partial charge in [-0.1, -0.05) is 18.2 Å². The van der Waals surface area contributed by atoms with Gasteiger partial charge in [-0.2, -0.15) is 0 Å². The second-order valence-corrected chi connectivity index (χ2v) is 12.4. The fraction of sp³-hybridized carbons (Fsp3) is 0.148. The summed E-state index contributed by atoms with van der Waals surface area (Å²) in [4.78, 5) is 20.7. The summed E-state index contributed by atoms with van der Waals surface area (Å²) in [5, 5.41) is 2.68. The van der Waals surface area contributed by atoms with Crippen molar-refractivity contribution in [3.05, 3.63) is 96.3 Å². The second-order valence-electron chi connectivity index (χ2n) is 8.83. The summed E-state index contributed by atoms with van der Waals surface area (Å²) in [7, 11) is -6.45. The minimum absolute atomic E-state index is 0.0227. The third-order valence-corrected chi connectivity index (χ3v) is 9.47. The highest BCUT2D eigenvalue weighted by Gasteiger charge is 2.29. The lowest BCUT2D eigenvalue weighted by Crippen LogP contribution is -2.35. The molecule has 0 saturated heterocycles. The molecule has 1 aliphatic heterocycles. The van der Waals surface area contributed by atoms with Gasteiger partial charge < -0.3 is 10.1 Å². The summed E-state index contributed by atoms with van der Waals surface area (Å²) in [6.07, 6.45) is 4.24. The zero-order valence-electron chi connectivity index (χ0n) is 21.3. The largest absolute Gasteiger partial charge is 0.478 e. The Kier molecular flexibility index (Phi) is 7.41. The van der Waals surface area contributed by atoms with Crippen LogP contribution in [-0.4, -0.2) is 46.4 Å². The number of ether oxygens (including phenoxy) is 1. The lowest BCUT2D eigenvalue weighted by Gasteiger charge is -2.30. The van der Waals surface area contributed by atoms with Crippen LogP contribution in [0.3, 0.4) is 0 Å². The van der Waals surface area contributed by atoms with Gasteiger partial charge in [-0.25, -0.2) is 26.8 Å². The van der Waals surface area contributed by atoms with E-state index < -0.39 is 26.0 Å². The Morgan fingerprint density at radius 1 is 0.875 bits per heavy atom. The highest BCUT2D eigenvalue weighted by Crippen LogP contribution is 2.32. The summed E-state index contributed by atoms with van der Waals surface area (Å²) in [6.45, 7) is 0.384. The van der Waals surface area contributed by atoms with E-state index in [9.17, 15) is 21.6 Å². The maximum Gasteiger partial charge on any atom is 0.264 e. The van der Waals surface area contributed by atoms with E-state index in [1.165, 1.54) is 72.3 Å². The zero-order chi connectivity index (χ0) is 28.3. The van der Waals surface area contributed by atoms with Gasteiger partial charge in [0.05, 0.1) is 22.6 Å². The number of aryl methyl sites for hydroxylation is 1. The van der Waals surface area contributed by atoms with E-state index in [-0.39, 0.29) is 27.1 Å². The van der Waals surface area contributed by atoms with E-state index >= 15 is 0 Å². The van der Waals surface area contributed by atoms with Gasteiger partial charge in [-0.15, -0.1) is 0 Å². The molecule has 13 heteroatoms. The number of benzene rings is 3. The smallest absolute Gasteiger partial charge is 0.264 e. The molecule has 0 atom stereocenters. The Bertz CT molecular complexity index is 1760. The van der Waals surface area contributed by atoms with Crippen LogP contribution in [0.1, 0.15) is 22.3 Å². The Morgan fingerprint density at radius 2 is 1.55 bits per heavy atom. The van der Waals surface area contributed by atoms with E-state index in [0.29, 0.717) is 17.9 Å². The predicted octanol–water partition coefficient (Wildman–Crippen LogP) is 3.68. The molecule has 0 spiro atoms. The summed E-state index contributed by atoms with van der Waals surface area (Å²) < 4.78 is 60.9. The lowest BCUT2D eigenvalue weighted by atomic mass is 10.0. The molecular formula is C27H25N5O6S2. The molecule has 206 valence electrons. The van der Waals surface area contributed by atoms with Crippen LogP contribution in [0.5, 0.6) is 5.88 Å². The van der Waals surface area contributed by atoms with Crippen LogP contribution in [-0.2, 0) is 26.5 Å². The van der Waals surface area contributed by atoms with Crippen molar-refractivity contribution in [1.82, 2.24) is 9.97 Å². The highest BCUT2D eigenvalue weighted by atomic mass is 32.2. The number of amides is 1. The van der Waals surface area contributed by atoms with Crippen LogP contribution in [0.25, 0.3) is 0 Å². The van der Waals surface area contributed by atoms with Gasteiger partial charge >= 0.3 is 0 Å². The third-order valence-electron chi connectivity index (χ3n) is 6.28. The number of nitrogens with one attached hydrogen (secondary N) is 2. The Labute approximate surface area is 232 Å². The summed E-state index contributed by atoms with van der Waals surface area (Å²) >= 11 is 0. The number of hydrogen-bond donors (Lipinski definition) is 2. The fourth-order valence-corrected chi connectivity index (χ4v) is 6.85. The number of carbonyl (C=O) groups excluding carboxylic acids is 1. The number of anilines is 3. The number of para-hydroxylation sites is 1. The van der Waals surface area contributed by atoms with Crippen LogP contribution < -0.4 is 19.1 Å². The number of rotatable bonds is 8. The molecule has 3 aromatic carbocycles. The molecule has 0 saturated carbocycles. The SMILES string of the molecule is COc1nccnc1NS(=O)(=O)c1ccc(NC(=O)c2ccc(S(=O)(=O)N3CCCc4ccccc43)cc2)cc1. The van der Waals surface area contributed by atoms with Gasteiger partial charge in [0.15, 0.2) is 0 Å². The first-order chi connectivity index (χ1) is 19.2. The number of carbonyl (C=O) groups is 1. The van der Waals surface area contributed by atoms with Gasteiger partial charge in [-0.3, -0.25) is 13.8 Å². The average molecular weight is 580 g/mol. The fourth-order valence-electron chi connectivity index (χ4n) is 4.31. The molecule has 11 nitrogen and oxygen atoms in total. The minimum atomic E-state index is -4.00. The van der Waals surface area contributed by atoms with Crippen molar-refractivity contribution in [1.29, 1.82) is 0 Å². The number of nitrogens with zero attached hydrogens (tertiary/aromatic N) is 3. The number of methoxy groups -OCH3 is 1. The zero-order valence-corrected chi connectivity index (χ0v) is 22.9. The van der Waals surface area contributed by atoms with E-state index in [4.69, 9.17) is 4.74 Å². The van der Waals surface area contributed by atoms with Crippen molar-refractivity contribution in [2.45, 2.75) is 22.6 Å². The Hall–Kier alpha value is -4.49. The first kappa shape index (κ1) is 27.1. The number of fused-ring (bicyclic) bond motifs is 1. The molecule has 0 unspecified atom stereocenters. The maximum atomic E-state index is 13.3. The van der Waals surface area contributed by atoms with Crippen LogP contribution in [0.2, 0.25) is 0 Å². The first-order valence-corrected chi connectivity index (χ1v) is 15.1. The highest BCUT2D eigenvalue weighted by molar-refractivity contribution is 7.93. The molecule has 1 amide bonds. The average Bonchev–Trinajstić information content (AvgIpc) is 2.97. The molecule has 4 aromatic rings. The second kappa shape index (κ2) is 10.9. The maximum absolute atomic E-state index is 13.3. The first-order valence-electron chi connectivity index (χ1n) is 12.2.